The van der Waals surface area contributed by atoms with E-state index in [-0.39, 0.29) is 17.9 Å². The minimum Gasteiger partial charge on any atom is -0.391 e. The topological polar surface area (TPSA) is 61.4 Å². The van der Waals surface area contributed by atoms with Crippen molar-refractivity contribution >= 4 is 5.91 Å². The van der Waals surface area contributed by atoms with E-state index in [2.05, 4.69) is 10.6 Å². The highest BCUT2D eigenvalue weighted by atomic mass is 16.3. The first-order valence-electron chi connectivity index (χ1n) is 6.94. The molecule has 0 aromatic rings. The maximum Gasteiger partial charge on any atom is 0.223 e. The number of nitrogens with one attached hydrogen (secondary N) is 2. The lowest BCUT2D eigenvalue weighted by Crippen LogP contribution is -2.35. The molecule has 4 unspecified atom stereocenters. The minimum absolute atomic E-state index is 0.194. The summed E-state index contributed by atoms with van der Waals surface area (Å²) in [5.41, 5.74) is 0. The fourth-order valence-electron chi connectivity index (χ4n) is 3.66. The second-order valence-electron chi connectivity index (χ2n) is 5.87. The molecule has 4 atom stereocenters. The van der Waals surface area contributed by atoms with Crippen LogP contribution in [0.5, 0.6) is 0 Å². The van der Waals surface area contributed by atoms with E-state index in [9.17, 15) is 9.90 Å². The molecule has 1 heterocycles. The number of aliphatic hydroxyl groups excluding tert-OH is 1. The second-order valence-corrected chi connectivity index (χ2v) is 5.87. The number of hydrogen-bond acceptors (Lipinski definition) is 3. The first kappa shape index (κ1) is 11.5. The van der Waals surface area contributed by atoms with Crippen LogP contribution in [0, 0.1) is 23.7 Å². The van der Waals surface area contributed by atoms with Crippen LogP contribution < -0.4 is 10.6 Å². The van der Waals surface area contributed by atoms with E-state index in [0.29, 0.717) is 30.8 Å². The summed E-state index contributed by atoms with van der Waals surface area (Å²) in [4.78, 5) is 12.0. The lowest BCUT2D eigenvalue weighted by molar-refractivity contribution is -0.123. The van der Waals surface area contributed by atoms with Gasteiger partial charge in [0.25, 0.3) is 0 Å². The highest BCUT2D eigenvalue weighted by molar-refractivity contribution is 5.82. The third-order valence-corrected chi connectivity index (χ3v) is 4.80. The molecule has 2 saturated carbocycles. The highest BCUT2D eigenvalue weighted by Gasteiger charge is 2.54. The first-order valence-corrected chi connectivity index (χ1v) is 6.94. The van der Waals surface area contributed by atoms with Crippen LogP contribution >= 0.6 is 0 Å². The smallest absolute Gasteiger partial charge is 0.223 e. The van der Waals surface area contributed by atoms with Crippen LogP contribution in [-0.2, 0) is 4.79 Å². The Kier molecular flexibility index (Phi) is 3.09. The normalized spacial score (nSPS) is 44.2. The quantitative estimate of drug-likeness (QED) is 0.654. The molecule has 17 heavy (non-hydrogen) atoms. The zero-order valence-electron chi connectivity index (χ0n) is 10.2. The highest BCUT2D eigenvalue weighted by Crippen LogP contribution is 2.55. The SMILES string of the molecule is O=C(NCC1CNCC1O)C1C2CCCCC21. The second kappa shape index (κ2) is 4.58. The van der Waals surface area contributed by atoms with E-state index >= 15 is 0 Å². The van der Waals surface area contributed by atoms with Gasteiger partial charge >= 0.3 is 0 Å². The van der Waals surface area contributed by atoms with Gasteiger partial charge in [0.2, 0.25) is 5.91 Å². The number of amides is 1. The van der Waals surface area contributed by atoms with Gasteiger partial charge in [0, 0.05) is 31.5 Å². The first-order chi connectivity index (χ1) is 8.27. The van der Waals surface area contributed by atoms with Crippen molar-refractivity contribution in [2.75, 3.05) is 19.6 Å². The number of hydrogen-bond donors (Lipinski definition) is 3. The van der Waals surface area contributed by atoms with Gasteiger partial charge in [0.05, 0.1) is 6.10 Å². The largest absolute Gasteiger partial charge is 0.391 e. The fourth-order valence-corrected chi connectivity index (χ4v) is 3.66. The van der Waals surface area contributed by atoms with Gasteiger partial charge in [-0.25, -0.2) is 0 Å². The summed E-state index contributed by atoms with van der Waals surface area (Å²) in [7, 11) is 0. The molecule has 3 rings (SSSR count). The molecule has 3 N–H and O–H groups in total. The van der Waals surface area contributed by atoms with Crippen LogP contribution in [0.2, 0.25) is 0 Å². The van der Waals surface area contributed by atoms with Gasteiger partial charge in [-0.2, -0.15) is 0 Å². The van der Waals surface area contributed by atoms with Crippen molar-refractivity contribution in [1.82, 2.24) is 10.6 Å². The molecule has 1 amide bonds. The molecule has 0 radical (unpaired) electrons. The Morgan fingerprint density at radius 1 is 1.24 bits per heavy atom. The Bertz CT molecular complexity index is 296. The van der Waals surface area contributed by atoms with E-state index < -0.39 is 0 Å². The van der Waals surface area contributed by atoms with Crippen molar-refractivity contribution in [2.24, 2.45) is 23.7 Å². The molecule has 2 aliphatic carbocycles. The number of carbonyl (C=O) groups is 1. The molecule has 4 heteroatoms. The van der Waals surface area contributed by atoms with E-state index in [0.717, 1.165) is 6.54 Å². The number of fused-ring (bicyclic) bond motifs is 1. The predicted octanol–water partition coefficient (Wildman–Crippen LogP) is 0.119. The summed E-state index contributed by atoms with van der Waals surface area (Å²) in [5, 5.41) is 15.8. The van der Waals surface area contributed by atoms with Crippen LogP contribution in [0.1, 0.15) is 25.7 Å². The fraction of sp³-hybridized carbons (Fsp3) is 0.923. The van der Waals surface area contributed by atoms with Crippen molar-refractivity contribution in [1.29, 1.82) is 0 Å². The summed E-state index contributed by atoms with van der Waals surface area (Å²) in [6.07, 6.45) is 4.80. The van der Waals surface area contributed by atoms with Crippen LogP contribution in [0.15, 0.2) is 0 Å². The Morgan fingerprint density at radius 2 is 1.94 bits per heavy atom. The molecular formula is C13H22N2O2. The van der Waals surface area contributed by atoms with Gasteiger partial charge in [-0.3, -0.25) is 4.79 Å². The van der Waals surface area contributed by atoms with Crippen molar-refractivity contribution in [3.05, 3.63) is 0 Å². The molecule has 1 aliphatic heterocycles. The van der Waals surface area contributed by atoms with Crippen LogP contribution in [-0.4, -0.2) is 36.8 Å². The molecule has 3 fully saturated rings. The summed E-state index contributed by atoms with van der Waals surface area (Å²) in [5.74, 6) is 2.08. The van der Waals surface area contributed by atoms with Gasteiger partial charge in [-0.05, 0) is 24.7 Å². The average molecular weight is 238 g/mol. The maximum absolute atomic E-state index is 12.0. The average Bonchev–Trinajstić information content (AvgIpc) is 2.94. The molecule has 96 valence electrons. The Hall–Kier alpha value is -0.610. The summed E-state index contributed by atoms with van der Waals surface area (Å²) in [6.45, 7) is 2.11. The van der Waals surface area contributed by atoms with Crippen LogP contribution in [0.4, 0.5) is 0 Å². The zero-order valence-corrected chi connectivity index (χ0v) is 10.2. The van der Waals surface area contributed by atoms with Crippen LogP contribution in [0.25, 0.3) is 0 Å². The van der Waals surface area contributed by atoms with Crippen molar-refractivity contribution < 1.29 is 9.90 Å². The van der Waals surface area contributed by atoms with Gasteiger partial charge in [-0.1, -0.05) is 12.8 Å². The van der Waals surface area contributed by atoms with E-state index in [1.165, 1.54) is 25.7 Å². The molecule has 1 saturated heterocycles. The Balaban J connectivity index is 1.45. The van der Waals surface area contributed by atoms with E-state index in [1.54, 1.807) is 0 Å². The van der Waals surface area contributed by atoms with Gasteiger partial charge in [0.15, 0.2) is 0 Å². The molecule has 4 nitrogen and oxygen atoms in total. The lowest BCUT2D eigenvalue weighted by Gasteiger charge is -2.14. The summed E-state index contributed by atoms with van der Waals surface area (Å²) in [6, 6.07) is 0. The van der Waals surface area contributed by atoms with E-state index in [1.807, 2.05) is 0 Å². The molecule has 0 aromatic heterocycles. The Labute approximate surface area is 102 Å². The lowest BCUT2D eigenvalue weighted by atomic mass is 10.0. The third-order valence-electron chi connectivity index (χ3n) is 4.80. The standard InChI is InChI=1S/C13H22N2O2/c16-11-7-14-5-8(11)6-15-13(17)12-9-3-1-2-4-10(9)12/h8-12,14,16H,1-7H2,(H,15,17). The predicted molar refractivity (Wildman–Crippen MR) is 64.3 cm³/mol. The van der Waals surface area contributed by atoms with Gasteiger partial charge in [-0.15, -0.1) is 0 Å². The number of carbonyl (C=O) groups excluding carboxylic acids is 1. The van der Waals surface area contributed by atoms with Gasteiger partial charge < -0.3 is 15.7 Å². The molecular weight excluding hydrogens is 216 g/mol. The molecule has 3 aliphatic rings. The summed E-state index contributed by atoms with van der Waals surface area (Å²) < 4.78 is 0. The maximum atomic E-state index is 12.0. The number of aliphatic hydroxyl groups is 1. The number of rotatable bonds is 3. The number of β-amino-alcohol motifs (C(OH)–C–C–N with tert-alkyl or cyclic N) is 1. The summed E-state index contributed by atoms with van der Waals surface area (Å²) >= 11 is 0. The van der Waals surface area contributed by atoms with Crippen molar-refractivity contribution in [3.8, 4) is 0 Å². The monoisotopic (exact) mass is 238 g/mol. The van der Waals surface area contributed by atoms with Crippen molar-refractivity contribution in [2.45, 2.75) is 31.8 Å². The minimum atomic E-state index is -0.295. The Morgan fingerprint density at radius 3 is 2.53 bits per heavy atom. The van der Waals surface area contributed by atoms with Crippen LogP contribution in [0.3, 0.4) is 0 Å². The zero-order chi connectivity index (χ0) is 11.8. The van der Waals surface area contributed by atoms with E-state index in [4.69, 9.17) is 0 Å². The third kappa shape index (κ3) is 2.20. The van der Waals surface area contributed by atoms with Gasteiger partial charge in [0.1, 0.15) is 0 Å². The van der Waals surface area contributed by atoms with Crippen molar-refractivity contribution in [3.63, 3.8) is 0 Å². The molecule has 0 aromatic carbocycles. The molecule has 0 bridgehead atoms. The molecule has 0 spiro atoms.